The molecule has 174 valence electrons. The Bertz CT molecular complexity index is 935. The lowest BCUT2D eigenvalue weighted by Gasteiger charge is -2.28. The van der Waals surface area contributed by atoms with E-state index >= 15 is 0 Å². The summed E-state index contributed by atoms with van der Waals surface area (Å²) in [6.45, 7) is 7.71. The summed E-state index contributed by atoms with van der Waals surface area (Å²) in [7, 11) is 0. The standard InChI is InChI=1S/C23H32N4O5/c1-5-27-19(10-11-24-27)16-8-6-15(7-9-16)18(14-28)25-21(30)20-12-17(29)13-26(20)22(31)32-23(2,3)4/h6-11,17-18,20,28-29H,5,12-14H2,1-4H3,(H,25,30)/t17-,18+,20+/m1/s1. The summed E-state index contributed by atoms with van der Waals surface area (Å²) in [6, 6.07) is 7.94. The van der Waals surface area contributed by atoms with Crippen molar-refractivity contribution >= 4 is 12.0 Å². The molecule has 2 amide bonds. The number of ether oxygens (including phenoxy) is 1. The van der Waals surface area contributed by atoms with E-state index < -0.39 is 35.8 Å². The maximum absolute atomic E-state index is 13.0. The predicted octanol–water partition coefficient (Wildman–Crippen LogP) is 2.09. The van der Waals surface area contributed by atoms with Crippen LogP contribution in [0.1, 0.15) is 45.7 Å². The number of carbonyl (C=O) groups is 2. The number of benzene rings is 1. The average molecular weight is 445 g/mol. The molecule has 0 saturated carbocycles. The number of likely N-dealkylation sites (tertiary alicyclic amines) is 1. The van der Waals surface area contributed by atoms with Crippen LogP contribution in [0.2, 0.25) is 0 Å². The second kappa shape index (κ2) is 9.70. The van der Waals surface area contributed by atoms with E-state index in [4.69, 9.17) is 4.74 Å². The van der Waals surface area contributed by atoms with Crippen LogP contribution in [-0.2, 0) is 16.1 Å². The van der Waals surface area contributed by atoms with Gasteiger partial charge in [-0.25, -0.2) is 4.79 Å². The monoisotopic (exact) mass is 444 g/mol. The SMILES string of the molecule is CCn1nccc1-c1ccc([C@H](CO)NC(=O)[C@@H]2C[C@@H](O)CN2C(=O)OC(C)(C)C)cc1. The molecule has 2 heterocycles. The summed E-state index contributed by atoms with van der Waals surface area (Å²) in [5, 5.41) is 27.0. The fourth-order valence-electron chi connectivity index (χ4n) is 3.80. The molecule has 32 heavy (non-hydrogen) atoms. The van der Waals surface area contributed by atoms with Crippen molar-refractivity contribution < 1.29 is 24.5 Å². The van der Waals surface area contributed by atoms with Crippen molar-refractivity contribution in [1.82, 2.24) is 20.0 Å². The first-order chi connectivity index (χ1) is 15.1. The van der Waals surface area contributed by atoms with Crippen molar-refractivity contribution in [2.24, 2.45) is 0 Å². The third-order valence-corrected chi connectivity index (χ3v) is 5.33. The van der Waals surface area contributed by atoms with Gasteiger partial charge in [0.05, 0.1) is 31.0 Å². The molecule has 9 nitrogen and oxygen atoms in total. The van der Waals surface area contributed by atoms with E-state index in [1.165, 1.54) is 4.90 Å². The molecule has 3 N–H and O–H groups in total. The van der Waals surface area contributed by atoms with Crippen molar-refractivity contribution in [2.75, 3.05) is 13.2 Å². The van der Waals surface area contributed by atoms with Crippen molar-refractivity contribution in [2.45, 2.75) is 64.4 Å². The van der Waals surface area contributed by atoms with Gasteiger partial charge in [0.25, 0.3) is 0 Å². The average Bonchev–Trinajstić information content (AvgIpc) is 3.37. The first kappa shape index (κ1) is 23.7. The second-order valence-electron chi connectivity index (χ2n) is 8.94. The fourth-order valence-corrected chi connectivity index (χ4v) is 3.80. The largest absolute Gasteiger partial charge is 0.444 e. The second-order valence-corrected chi connectivity index (χ2v) is 8.94. The van der Waals surface area contributed by atoms with Gasteiger partial charge in [-0.2, -0.15) is 5.10 Å². The van der Waals surface area contributed by atoms with Gasteiger partial charge in [-0.1, -0.05) is 24.3 Å². The van der Waals surface area contributed by atoms with E-state index in [0.717, 1.165) is 23.4 Å². The maximum atomic E-state index is 13.0. The van der Waals surface area contributed by atoms with E-state index in [2.05, 4.69) is 10.4 Å². The summed E-state index contributed by atoms with van der Waals surface area (Å²) in [5.74, 6) is -0.445. The molecule has 0 radical (unpaired) electrons. The van der Waals surface area contributed by atoms with Gasteiger partial charge in [-0.15, -0.1) is 0 Å². The molecule has 0 unspecified atom stereocenters. The van der Waals surface area contributed by atoms with Crippen LogP contribution in [0.5, 0.6) is 0 Å². The number of hydrogen-bond acceptors (Lipinski definition) is 6. The summed E-state index contributed by atoms with van der Waals surface area (Å²) in [6.07, 6.45) is 0.402. The van der Waals surface area contributed by atoms with Crippen molar-refractivity contribution in [3.05, 3.63) is 42.1 Å². The summed E-state index contributed by atoms with van der Waals surface area (Å²) in [4.78, 5) is 26.7. The lowest BCUT2D eigenvalue weighted by molar-refractivity contribution is -0.126. The highest BCUT2D eigenvalue weighted by Crippen LogP contribution is 2.25. The summed E-state index contributed by atoms with van der Waals surface area (Å²) in [5.41, 5.74) is 1.98. The van der Waals surface area contributed by atoms with Crippen molar-refractivity contribution in [1.29, 1.82) is 0 Å². The Kier molecular flexibility index (Phi) is 7.20. The van der Waals surface area contributed by atoms with Crippen LogP contribution >= 0.6 is 0 Å². The quantitative estimate of drug-likeness (QED) is 0.628. The Balaban J connectivity index is 1.71. The van der Waals surface area contributed by atoms with Gasteiger partial charge in [0.1, 0.15) is 11.6 Å². The molecule has 3 atom stereocenters. The lowest BCUT2D eigenvalue weighted by atomic mass is 10.0. The van der Waals surface area contributed by atoms with Crippen LogP contribution in [0.15, 0.2) is 36.5 Å². The molecule has 1 saturated heterocycles. The zero-order valence-electron chi connectivity index (χ0n) is 19.0. The normalized spacial score (nSPS) is 19.6. The molecule has 1 aliphatic heterocycles. The molecule has 1 aliphatic rings. The van der Waals surface area contributed by atoms with E-state index in [-0.39, 0.29) is 19.6 Å². The van der Waals surface area contributed by atoms with Gasteiger partial charge in [0.15, 0.2) is 0 Å². The lowest BCUT2D eigenvalue weighted by Crippen LogP contribution is -2.48. The minimum absolute atomic E-state index is 0.0244. The number of hydrogen-bond donors (Lipinski definition) is 3. The number of aliphatic hydroxyl groups excluding tert-OH is 2. The highest BCUT2D eigenvalue weighted by Gasteiger charge is 2.41. The Morgan fingerprint density at radius 2 is 1.94 bits per heavy atom. The number of aliphatic hydroxyl groups is 2. The smallest absolute Gasteiger partial charge is 0.411 e. The molecule has 3 rings (SSSR count). The van der Waals surface area contributed by atoms with Crippen LogP contribution in [0.25, 0.3) is 11.3 Å². The Morgan fingerprint density at radius 1 is 1.25 bits per heavy atom. The zero-order valence-corrected chi connectivity index (χ0v) is 19.0. The van der Waals surface area contributed by atoms with Crippen molar-refractivity contribution in [3.63, 3.8) is 0 Å². The first-order valence-corrected chi connectivity index (χ1v) is 10.8. The minimum Gasteiger partial charge on any atom is -0.444 e. The molecular formula is C23H32N4O5. The van der Waals surface area contributed by atoms with Crippen LogP contribution in [0, 0.1) is 0 Å². The molecule has 1 fully saturated rings. The van der Waals surface area contributed by atoms with E-state index in [1.54, 1.807) is 27.0 Å². The number of nitrogens with one attached hydrogen (secondary N) is 1. The number of β-amino-alcohol motifs (C(OH)–C–C–N with tert-alkyl or cyclic N) is 1. The first-order valence-electron chi connectivity index (χ1n) is 10.8. The number of aryl methyl sites for hydroxylation is 1. The molecule has 9 heteroatoms. The third kappa shape index (κ3) is 5.46. The van der Waals surface area contributed by atoms with E-state index in [1.807, 2.05) is 41.9 Å². The van der Waals surface area contributed by atoms with Crippen LogP contribution < -0.4 is 5.32 Å². The molecular weight excluding hydrogens is 412 g/mol. The van der Waals surface area contributed by atoms with Crippen LogP contribution in [0.3, 0.4) is 0 Å². The zero-order chi connectivity index (χ0) is 23.5. The van der Waals surface area contributed by atoms with Crippen LogP contribution in [0.4, 0.5) is 4.79 Å². The topological polar surface area (TPSA) is 117 Å². The van der Waals surface area contributed by atoms with Gasteiger partial charge in [0.2, 0.25) is 5.91 Å². The summed E-state index contributed by atoms with van der Waals surface area (Å²) < 4.78 is 7.26. The number of amides is 2. The Hall–Kier alpha value is -2.91. The van der Waals surface area contributed by atoms with Gasteiger partial charge in [-0.05, 0) is 44.9 Å². The minimum atomic E-state index is -0.868. The van der Waals surface area contributed by atoms with Crippen molar-refractivity contribution in [3.8, 4) is 11.3 Å². The van der Waals surface area contributed by atoms with Gasteiger partial charge in [-0.3, -0.25) is 14.4 Å². The van der Waals surface area contributed by atoms with E-state index in [9.17, 15) is 19.8 Å². The molecule has 1 aromatic carbocycles. The summed E-state index contributed by atoms with van der Waals surface area (Å²) >= 11 is 0. The van der Waals surface area contributed by atoms with Gasteiger partial charge in [0, 0.05) is 19.2 Å². The predicted molar refractivity (Wildman–Crippen MR) is 119 cm³/mol. The molecule has 0 bridgehead atoms. The number of rotatable bonds is 6. The van der Waals surface area contributed by atoms with Gasteiger partial charge < -0.3 is 20.3 Å². The molecule has 0 spiro atoms. The fraction of sp³-hybridized carbons (Fsp3) is 0.522. The Morgan fingerprint density at radius 3 is 2.53 bits per heavy atom. The molecule has 0 aliphatic carbocycles. The van der Waals surface area contributed by atoms with E-state index in [0.29, 0.717) is 0 Å². The molecule has 2 aromatic rings. The number of aromatic nitrogens is 2. The highest BCUT2D eigenvalue weighted by atomic mass is 16.6. The number of nitrogens with zero attached hydrogens (tertiary/aromatic N) is 3. The number of carbonyl (C=O) groups excluding carboxylic acids is 2. The third-order valence-electron chi connectivity index (χ3n) is 5.33. The maximum Gasteiger partial charge on any atom is 0.411 e. The molecule has 1 aromatic heterocycles. The van der Waals surface area contributed by atoms with Gasteiger partial charge >= 0.3 is 6.09 Å². The Labute approximate surface area is 188 Å². The van der Waals surface area contributed by atoms with Crippen LogP contribution in [-0.4, -0.2) is 67.8 Å². The highest BCUT2D eigenvalue weighted by molar-refractivity contribution is 5.86.